The summed E-state index contributed by atoms with van der Waals surface area (Å²) in [7, 11) is 0. The first-order valence-corrected chi connectivity index (χ1v) is 7.86. The van der Waals surface area contributed by atoms with Crippen LogP contribution in [0.1, 0.15) is 40.0 Å². The van der Waals surface area contributed by atoms with Crippen molar-refractivity contribution in [2.75, 3.05) is 0 Å². The fraction of sp³-hybridized carbons (Fsp3) is 0.364. The number of amides is 1. The highest BCUT2D eigenvalue weighted by molar-refractivity contribution is 9.10. The monoisotopic (exact) mass is 345 g/mol. The molecule has 7 heteroatoms. The van der Waals surface area contributed by atoms with Gasteiger partial charge in [-0.15, -0.1) is 16.4 Å². The number of nitrogens with one attached hydrogen (secondary N) is 1. The summed E-state index contributed by atoms with van der Waals surface area (Å²) in [5.41, 5.74) is 0.768. The van der Waals surface area contributed by atoms with Gasteiger partial charge in [0, 0.05) is 14.7 Å². The van der Waals surface area contributed by atoms with E-state index in [0.717, 1.165) is 26.6 Å². The summed E-state index contributed by atoms with van der Waals surface area (Å²) in [6.07, 6.45) is 0. The van der Waals surface area contributed by atoms with Crippen LogP contribution in [0, 0.1) is 0 Å². The minimum atomic E-state index is -0.0989. The molecule has 0 unspecified atom stereocenters. The van der Waals surface area contributed by atoms with Crippen molar-refractivity contribution in [3.05, 3.63) is 31.4 Å². The standard InChI is InChI=1S/C11H12BrN3OS2/c1-6(2)9-10(18-15-14-9)11(16)13-4-8-3-7(12)5-17-8/h3,5-6H,4H2,1-2H3,(H,13,16). The Morgan fingerprint density at radius 1 is 1.56 bits per heavy atom. The predicted molar refractivity (Wildman–Crippen MR) is 77.2 cm³/mol. The lowest BCUT2D eigenvalue weighted by atomic mass is 10.1. The minimum absolute atomic E-state index is 0.0989. The molecule has 0 atom stereocenters. The number of rotatable bonds is 4. The Morgan fingerprint density at radius 3 is 2.94 bits per heavy atom. The SMILES string of the molecule is CC(C)c1nnsc1C(=O)NCc1cc(Br)cs1. The fourth-order valence-corrected chi connectivity index (χ4v) is 3.55. The van der Waals surface area contributed by atoms with E-state index in [1.165, 1.54) is 0 Å². The Bertz CT molecular complexity index is 550. The molecule has 2 aromatic heterocycles. The second kappa shape index (κ2) is 5.90. The van der Waals surface area contributed by atoms with Crippen LogP contribution in [-0.2, 0) is 6.54 Å². The van der Waals surface area contributed by atoms with Gasteiger partial charge in [-0.1, -0.05) is 18.3 Å². The molecule has 0 aliphatic carbocycles. The predicted octanol–water partition coefficient (Wildman–Crippen LogP) is 3.42. The van der Waals surface area contributed by atoms with E-state index in [0.29, 0.717) is 11.4 Å². The molecule has 0 aliphatic heterocycles. The summed E-state index contributed by atoms with van der Waals surface area (Å²) in [6, 6.07) is 2.00. The van der Waals surface area contributed by atoms with E-state index < -0.39 is 0 Å². The summed E-state index contributed by atoms with van der Waals surface area (Å²) < 4.78 is 4.89. The normalized spacial score (nSPS) is 10.9. The van der Waals surface area contributed by atoms with Crippen molar-refractivity contribution >= 4 is 44.7 Å². The van der Waals surface area contributed by atoms with Crippen LogP contribution in [0.4, 0.5) is 0 Å². The van der Waals surface area contributed by atoms with Crippen molar-refractivity contribution in [1.82, 2.24) is 14.9 Å². The molecule has 2 aromatic rings. The van der Waals surface area contributed by atoms with Crippen molar-refractivity contribution in [3.63, 3.8) is 0 Å². The third-order valence-corrected chi connectivity index (χ3v) is 4.75. The van der Waals surface area contributed by atoms with E-state index in [1.807, 2.05) is 25.3 Å². The van der Waals surface area contributed by atoms with E-state index in [-0.39, 0.29) is 11.8 Å². The maximum absolute atomic E-state index is 12.0. The molecule has 0 bridgehead atoms. The topological polar surface area (TPSA) is 54.9 Å². The summed E-state index contributed by atoms with van der Waals surface area (Å²) in [5, 5.41) is 8.89. The molecule has 0 aromatic carbocycles. The number of hydrogen-bond donors (Lipinski definition) is 1. The zero-order valence-electron chi connectivity index (χ0n) is 9.94. The Balaban J connectivity index is 2.01. The van der Waals surface area contributed by atoms with Gasteiger partial charge in [0.15, 0.2) is 0 Å². The maximum atomic E-state index is 12.0. The lowest BCUT2D eigenvalue weighted by molar-refractivity contribution is 0.0954. The number of hydrogen-bond acceptors (Lipinski definition) is 5. The van der Waals surface area contributed by atoms with Crippen LogP contribution in [0.15, 0.2) is 15.9 Å². The Labute approximate surface area is 122 Å². The molecule has 4 nitrogen and oxygen atoms in total. The molecule has 18 heavy (non-hydrogen) atoms. The number of aromatic nitrogens is 2. The lowest BCUT2D eigenvalue weighted by Crippen LogP contribution is -2.22. The molecule has 1 amide bonds. The molecule has 1 N–H and O–H groups in total. The molecule has 0 saturated carbocycles. The number of carbonyl (C=O) groups is 1. The van der Waals surface area contributed by atoms with E-state index in [2.05, 4.69) is 30.8 Å². The molecule has 0 fully saturated rings. The van der Waals surface area contributed by atoms with Crippen molar-refractivity contribution < 1.29 is 4.79 Å². The van der Waals surface area contributed by atoms with Crippen LogP contribution in [-0.4, -0.2) is 15.5 Å². The van der Waals surface area contributed by atoms with E-state index in [4.69, 9.17) is 0 Å². The van der Waals surface area contributed by atoms with Crippen LogP contribution in [0.5, 0.6) is 0 Å². The highest BCUT2D eigenvalue weighted by atomic mass is 79.9. The van der Waals surface area contributed by atoms with Gasteiger partial charge in [-0.05, 0) is 39.4 Å². The van der Waals surface area contributed by atoms with Gasteiger partial charge in [-0.2, -0.15) is 0 Å². The summed E-state index contributed by atoms with van der Waals surface area (Å²) in [4.78, 5) is 13.7. The van der Waals surface area contributed by atoms with E-state index >= 15 is 0 Å². The zero-order valence-corrected chi connectivity index (χ0v) is 13.2. The van der Waals surface area contributed by atoms with E-state index in [9.17, 15) is 4.79 Å². The first kappa shape index (κ1) is 13.6. The van der Waals surface area contributed by atoms with Crippen LogP contribution in [0.25, 0.3) is 0 Å². The van der Waals surface area contributed by atoms with Gasteiger partial charge in [-0.3, -0.25) is 4.79 Å². The quantitative estimate of drug-likeness (QED) is 0.923. The second-order valence-corrected chi connectivity index (χ2v) is 6.72. The molecule has 2 heterocycles. The second-order valence-electron chi connectivity index (χ2n) is 4.06. The van der Waals surface area contributed by atoms with Crippen LogP contribution < -0.4 is 5.32 Å². The molecule has 0 saturated heterocycles. The van der Waals surface area contributed by atoms with Crippen molar-refractivity contribution in [2.24, 2.45) is 0 Å². The lowest BCUT2D eigenvalue weighted by Gasteiger charge is -2.04. The van der Waals surface area contributed by atoms with Crippen molar-refractivity contribution in [3.8, 4) is 0 Å². The Kier molecular flexibility index (Phi) is 4.47. The maximum Gasteiger partial charge on any atom is 0.265 e. The molecule has 0 spiro atoms. The first-order chi connectivity index (χ1) is 8.58. The number of halogens is 1. The Morgan fingerprint density at radius 2 is 2.33 bits per heavy atom. The fourth-order valence-electron chi connectivity index (χ4n) is 1.43. The van der Waals surface area contributed by atoms with Crippen molar-refractivity contribution in [2.45, 2.75) is 26.3 Å². The van der Waals surface area contributed by atoms with Gasteiger partial charge in [-0.25, -0.2) is 0 Å². The van der Waals surface area contributed by atoms with Crippen LogP contribution in [0.2, 0.25) is 0 Å². The Hall–Kier alpha value is -0.790. The van der Waals surface area contributed by atoms with Gasteiger partial charge in [0.05, 0.1) is 12.2 Å². The van der Waals surface area contributed by atoms with Gasteiger partial charge >= 0.3 is 0 Å². The molecule has 2 rings (SSSR count). The van der Waals surface area contributed by atoms with Crippen LogP contribution >= 0.6 is 38.8 Å². The summed E-state index contributed by atoms with van der Waals surface area (Å²) >= 11 is 6.15. The zero-order chi connectivity index (χ0) is 13.1. The van der Waals surface area contributed by atoms with Crippen LogP contribution in [0.3, 0.4) is 0 Å². The summed E-state index contributed by atoms with van der Waals surface area (Å²) in [6.45, 7) is 4.54. The molecular formula is C11H12BrN3OS2. The summed E-state index contributed by atoms with van der Waals surface area (Å²) in [5.74, 6) is 0.110. The van der Waals surface area contributed by atoms with E-state index in [1.54, 1.807) is 11.3 Å². The van der Waals surface area contributed by atoms with Gasteiger partial charge in [0.25, 0.3) is 5.91 Å². The smallest absolute Gasteiger partial charge is 0.265 e. The van der Waals surface area contributed by atoms with Gasteiger partial charge < -0.3 is 5.32 Å². The van der Waals surface area contributed by atoms with Crippen molar-refractivity contribution in [1.29, 1.82) is 0 Å². The first-order valence-electron chi connectivity index (χ1n) is 5.41. The minimum Gasteiger partial charge on any atom is -0.346 e. The number of carbonyl (C=O) groups excluding carboxylic acids is 1. The average molecular weight is 346 g/mol. The average Bonchev–Trinajstić information content (AvgIpc) is 2.94. The highest BCUT2D eigenvalue weighted by Crippen LogP contribution is 2.21. The third-order valence-electron chi connectivity index (χ3n) is 2.31. The largest absolute Gasteiger partial charge is 0.346 e. The van der Waals surface area contributed by atoms with Gasteiger partial charge in [0.2, 0.25) is 0 Å². The highest BCUT2D eigenvalue weighted by Gasteiger charge is 2.18. The molecule has 96 valence electrons. The third kappa shape index (κ3) is 3.15. The number of nitrogens with zero attached hydrogens (tertiary/aromatic N) is 2. The molecular weight excluding hydrogens is 334 g/mol. The van der Waals surface area contributed by atoms with Gasteiger partial charge in [0.1, 0.15) is 4.88 Å². The number of thiophene rings is 1. The molecule has 0 radical (unpaired) electrons. The molecule has 0 aliphatic rings.